The molecule has 19 heavy (non-hydrogen) atoms. The van der Waals surface area contributed by atoms with Crippen LogP contribution in [0.5, 0.6) is 0 Å². The van der Waals surface area contributed by atoms with Gasteiger partial charge in [0.2, 0.25) is 5.91 Å². The van der Waals surface area contributed by atoms with Gasteiger partial charge >= 0.3 is 0 Å². The van der Waals surface area contributed by atoms with Crippen molar-refractivity contribution in [3.63, 3.8) is 0 Å². The number of carbonyl (C=O) groups is 2. The number of nitrogens with zero attached hydrogens (tertiary/aromatic N) is 2. The third-order valence-corrected chi connectivity index (χ3v) is 2.99. The van der Waals surface area contributed by atoms with Gasteiger partial charge in [-0.2, -0.15) is 0 Å². The summed E-state index contributed by atoms with van der Waals surface area (Å²) < 4.78 is 4.87. The monoisotopic (exact) mass is 286 g/mol. The molecule has 0 aliphatic rings. The lowest BCUT2D eigenvalue weighted by Gasteiger charge is -2.15. The average molecular weight is 286 g/mol. The molecule has 0 fully saturated rings. The van der Waals surface area contributed by atoms with Gasteiger partial charge in [0, 0.05) is 32.7 Å². The van der Waals surface area contributed by atoms with E-state index >= 15 is 0 Å². The number of thiazole rings is 1. The van der Waals surface area contributed by atoms with Crippen LogP contribution in [0, 0.1) is 0 Å². The molecule has 7 nitrogen and oxygen atoms in total. The number of aromatic nitrogens is 1. The van der Waals surface area contributed by atoms with Crippen molar-refractivity contribution in [3.8, 4) is 0 Å². The molecule has 1 rings (SSSR count). The number of rotatable bonds is 7. The highest BCUT2D eigenvalue weighted by Crippen LogP contribution is 2.12. The third kappa shape index (κ3) is 5.23. The molecule has 1 aromatic heterocycles. The highest BCUT2D eigenvalue weighted by Gasteiger charge is 2.17. The summed E-state index contributed by atoms with van der Waals surface area (Å²) >= 11 is 1.19. The van der Waals surface area contributed by atoms with Gasteiger partial charge in [0.25, 0.3) is 5.91 Å². The number of hydrogen-bond donors (Lipinski definition) is 2. The molecule has 0 aromatic carbocycles. The van der Waals surface area contributed by atoms with Gasteiger partial charge in [-0.25, -0.2) is 4.98 Å². The van der Waals surface area contributed by atoms with Crippen molar-refractivity contribution >= 4 is 28.3 Å². The molecule has 1 heterocycles. The fourth-order valence-electron chi connectivity index (χ4n) is 1.37. The van der Waals surface area contributed by atoms with E-state index in [-0.39, 0.29) is 24.1 Å². The lowest BCUT2D eigenvalue weighted by atomic mass is 10.4. The summed E-state index contributed by atoms with van der Waals surface area (Å²) in [5.74, 6) is -0.532. The first kappa shape index (κ1) is 15.4. The van der Waals surface area contributed by atoms with Gasteiger partial charge in [-0.15, -0.1) is 11.3 Å². The number of amides is 2. The molecule has 0 saturated heterocycles. The fourth-order valence-corrected chi connectivity index (χ4v) is 1.91. The van der Waals surface area contributed by atoms with Crippen LogP contribution >= 0.6 is 11.3 Å². The summed E-state index contributed by atoms with van der Waals surface area (Å²) in [4.78, 5) is 28.6. The first-order valence-electron chi connectivity index (χ1n) is 5.76. The largest absolute Gasteiger partial charge is 0.385 e. The van der Waals surface area contributed by atoms with Crippen LogP contribution in [0.25, 0.3) is 0 Å². The Morgan fingerprint density at radius 2 is 2.32 bits per heavy atom. The highest BCUT2D eigenvalue weighted by molar-refractivity contribution is 7.13. The summed E-state index contributed by atoms with van der Waals surface area (Å²) in [5, 5.41) is 4.61. The van der Waals surface area contributed by atoms with Gasteiger partial charge in [-0.1, -0.05) is 0 Å². The molecule has 106 valence electrons. The topological polar surface area (TPSA) is 97.5 Å². The number of methoxy groups -OCH3 is 1. The van der Waals surface area contributed by atoms with Crippen LogP contribution in [-0.2, 0) is 9.53 Å². The number of likely N-dealkylation sites (N-methyl/N-ethyl adjacent to an activating group) is 1. The summed E-state index contributed by atoms with van der Waals surface area (Å²) in [6.45, 7) is 1.11. The minimum Gasteiger partial charge on any atom is -0.385 e. The van der Waals surface area contributed by atoms with Crippen LogP contribution in [0.15, 0.2) is 5.38 Å². The van der Waals surface area contributed by atoms with Crippen molar-refractivity contribution in [1.82, 2.24) is 15.2 Å². The highest BCUT2D eigenvalue weighted by atomic mass is 32.1. The Bertz CT molecular complexity index is 435. The smallest absolute Gasteiger partial charge is 0.273 e. The van der Waals surface area contributed by atoms with Crippen LogP contribution in [0.3, 0.4) is 0 Å². The van der Waals surface area contributed by atoms with E-state index in [2.05, 4.69) is 10.3 Å². The van der Waals surface area contributed by atoms with E-state index in [1.807, 2.05) is 0 Å². The number of nitrogens with one attached hydrogen (secondary N) is 1. The van der Waals surface area contributed by atoms with Crippen LogP contribution in [0.1, 0.15) is 16.9 Å². The van der Waals surface area contributed by atoms with Crippen molar-refractivity contribution in [2.24, 2.45) is 0 Å². The second-order valence-electron chi connectivity index (χ2n) is 3.93. The number of ether oxygens (including phenoxy) is 1. The van der Waals surface area contributed by atoms with E-state index < -0.39 is 0 Å². The van der Waals surface area contributed by atoms with Crippen LogP contribution in [0.2, 0.25) is 0 Å². The minimum atomic E-state index is -0.319. The predicted molar refractivity (Wildman–Crippen MR) is 73.0 cm³/mol. The molecule has 0 aliphatic heterocycles. The molecule has 0 spiro atoms. The Morgan fingerprint density at radius 1 is 1.58 bits per heavy atom. The Labute approximate surface area is 115 Å². The van der Waals surface area contributed by atoms with Gasteiger partial charge in [0.05, 0.1) is 6.54 Å². The molecular weight excluding hydrogens is 268 g/mol. The second kappa shape index (κ2) is 7.70. The molecule has 0 atom stereocenters. The van der Waals surface area contributed by atoms with Crippen molar-refractivity contribution < 1.29 is 14.3 Å². The Kier molecular flexibility index (Phi) is 6.23. The number of hydrogen-bond acceptors (Lipinski definition) is 6. The second-order valence-corrected chi connectivity index (χ2v) is 4.82. The molecule has 0 bridgehead atoms. The molecule has 2 amide bonds. The maximum absolute atomic E-state index is 11.9. The van der Waals surface area contributed by atoms with Gasteiger partial charge < -0.3 is 20.7 Å². The van der Waals surface area contributed by atoms with Gasteiger partial charge in [0.1, 0.15) is 5.69 Å². The molecule has 3 N–H and O–H groups in total. The third-order valence-electron chi connectivity index (χ3n) is 2.32. The molecule has 0 unspecified atom stereocenters. The first-order valence-corrected chi connectivity index (χ1v) is 6.64. The Morgan fingerprint density at radius 3 is 2.89 bits per heavy atom. The van der Waals surface area contributed by atoms with E-state index in [4.69, 9.17) is 10.5 Å². The molecule has 0 saturated carbocycles. The fraction of sp³-hybridized carbons (Fsp3) is 0.545. The Hall–Kier alpha value is -1.67. The zero-order valence-electron chi connectivity index (χ0n) is 11.0. The predicted octanol–water partition coefficient (Wildman–Crippen LogP) is -0.0500. The summed E-state index contributed by atoms with van der Waals surface area (Å²) in [6, 6.07) is 0. The lowest BCUT2D eigenvalue weighted by molar-refractivity contribution is -0.121. The normalized spacial score (nSPS) is 10.2. The Balaban J connectivity index is 2.35. The summed E-state index contributed by atoms with van der Waals surface area (Å²) in [5.41, 5.74) is 5.72. The van der Waals surface area contributed by atoms with Crippen molar-refractivity contribution in [3.05, 3.63) is 11.1 Å². The van der Waals surface area contributed by atoms with E-state index in [1.54, 1.807) is 19.5 Å². The number of anilines is 1. The number of nitrogens with two attached hydrogens (primary N) is 1. The molecule has 1 aromatic rings. The van der Waals surface area contributed by atoms with E-state index in [0.717, 1.165) is 6.42 Å². The summed E-state index contributed by atoms with van der Waals surface area (Å²) in [6.07, 6.45) is 0.739. The van der Waals surface area contributed by atoms with Gasteiger partial charge in [0.15, 0.2) is 5.13 Å². The van der Waals surface area contributed by atoms with E-state index in [9.17, 15) is 9.59 Å². The number of carbonyl (C=O) groups excluding carboxylic acids is 2. The number of nitrogen functional groups attached to an aromatic ring is 1. The summed E-state index contributed by atoms with van der Waals surface area (Å²) in [7, 11) is 3.15. The van der Waals surface area contributed by atoms with Gasteiger partial charge in [-0.3, -0.25) is 9.59 Å². The van der Waals surface area contributed by atoms with Crippen LogP contribution in [-0.4, -0.2) is 55.6 Å². The lowest BCUT2D eigenvalue weighted by Crippen LogP contribution is -2.38. The zero-order chi connectivity index (χ0) is 14.3. The van der Waals surface area contributed by atoms with E-state index in [0.29, 0.717) is 18.3 Å². The maximum atomic E-state index is 11.9. The van der Waals surface area contributed by atoms with Crippen molar-refractivity contribution in [2.45, 2.75) is 6.42 Å². The van der Waals surface area contributed by atoms with E-state index in [1.165, 1.54) is 16.2 Å². The first-order chi connectivity index (χ1) is 9.04. The van der Waals surface area contributed by atoms with Crippen LogP contribution in [0.4, 0.5) is 5.13 Å². The minimum absolute atomic E-state index is 0.0107. The average Bonchev–Trinajstić information content (AvgIpc) is 2.80. The zero-order valence-corrected chi connectivity index (χ0v) is 11.8. The maximum Gasteiger partial charge on any atom is 0.273 e. The van der Waals surface area contributed by atoms with Crippen molar-refractivity contribution in [2.75, 3.05) is 39.6 Å². The molecule has 8 heteroatoms. The van der Waals surface area contributed by atoms with Gasteiger partial charge in [-0.05, 0) is 6.42 Å². The molecule has 0 aliphatic carbocycles. The standard InChI is InChI=1S/C11H18N4O3S/c1-15(6-9(16)13-4-3-5-18-2)10(17)8-7-19-11(12)14-8/h7H,3-6H2,1-2H3,(H2,12,14)(H,13,16). The van der Waals surface area contributed by atoms with Crippen molar-refractivity contribution in [1.29, 1.82) is 0 Å². The molecular formula is C11H18N4O3S. The SMILES string of the molecule is COCCCNC(=O)CN(C)C(=O)c1csc(N)n1. The quantitative estimate of drug-likeness (QED) is 0.685. The molecule has 0 radical (unpaired) electrons. The van der Waals surface area contributed by atoms with Crippen LogP contribution < -0.4 is 11.1 Å².